The van der Waals surface area contributed by atoms with Gasteiger partial charge in [0.25, 0.3) is 0 Å². The Morgan fingerprint density at radius 1 is 1.43 bits per heavy atom. The maximum atomic E-state index is 12.4. The van der Waals surface area contributed by atoms with E-state index in [1.807, 2.05) is 39.5 Å². The van der Waals surface area contributed by atoms with Crippen molar-refractivity contribution in [2.24, 2.45) is 0 Å². The predicted octanol–water partition coefficient (Wildman–Crippen LogP) is 1.75. The van der Waals surface area contributed by atoms with Gasteiger partial charge in [0.1, 0.15) is 5.01 Å². The number of nitrogens with one attached hydrogen (secondary N) is 1. The van der Waals surface area contributed by atoms with Crippen molar-refractivity contribution in [1.29, 1.82) is 0 Å². The van der Waals surface area contributed by atoms with Crippen molar-refractivity contribution < 1.29 is 9.90 Å². The Kier molecular flexibility index (Phi) is 5.65. The van der Waals surface area contributed by atoms with Crippen LogP contribution in [-0.4, -0.2) is 63.7 Å². The lowest BCUT2D eigenvalue weighted by atomic mass is 10.1. The highest BCUT2D eigenvalue weighted by Crippen LogP contribution is 2.17. The number of urea groups is 1. The van der Waals surface area contributed by atoms with E-state index in [2.05, 4.69) is 15.2 Å². The van der Waals surface area contributed by atoms with E-state index in [9.17, 15) is 9.90 Å². The normalized spacial score (nSPS) is 19.9. The lowest BCUT2D eigenvalue weighted by Gasteiger charge is -2.41. The number of aromatic nitrogens is 1. The van der Waals surface area contributed by atoms with Crippen molar-refractivity contribution >= 4 is 17.4 Å². The minimum atomic E-state index is -0.704. The van der Waals surface area contributed by atoms with Gasteiger partial charge in [-0.05, 0) is 34.6 Å². The summed E-state index contributed by atoms with van der Waals surface area (Å²) in [5, 5.41) is 13.8. The van der Waals surface area contributed by atoms with Gasteiger partial charge in [-0.2, -0.15) is 0 Å². The number of hydrogen-bond acceptors (Lipinski definition) is 5. The Morgan fingerprint density at radius 2 is 2.13 bits per heavy atom. The number of aliphatic hydroxyl groups is 1. The molecule has 1 saturated heterocycles. The van der Waals surface area contributed by atoms with Crippen LogP contribution < -0.4 is 5.32 Å². The minimum absolute atomic E-state index is 0.0362. The molecule has 23 heavy (non-hydrogen) atoms. The molecule has 1 fully saturated rings. The minimum Gasteiger partial charge on any atom is -0.389 e. The molecule has 0 aliphatic carbocycles. The Morgan fingerprint density at radius 3 is 2.65 bits per heavy atom. The van der Waals surface area contributed by atoms with E-state index in [4.69, 9.17) is 0 Å². The fourth-order valence-electron chi connectivity index (χ4n) is 2.89. The maximum Gasteiger partial charge on any atom is 0.318 e. The van der Waals surface area contributed by atoms with Crippen LogP contribution in [0.15, 0.2) is 0 Å². The van der Waals surface area contributed by atoms with Crippen molar-refractivity contribution in [3.05, 3.63) is 15.6 Å². The monoisotopic (exact) mass is 340 g/mol. The second-order valence-electron chi connectivity index (χ2n) is 7.00. The van der Waals surface area contributed by atoms with E-state index in [-0.39, 0.29) is 12.1 Å². The number of thiazole rings is 1. The third-order valence-corrected chi connectivity index (χ3v) is 5.12. The van der Waals surface area contributed by atoms with Crippen molar-refractivity contribution in [2.75, 3.05) is 26.2 Å². The molecule has 2 amide bonds. The Balaban J connectivity index is 1.84. The molecule has 6 nitrogen and oxygen atoms in total. The predicted molar refractivity (Wildman–Crippen MR) is 92.7 cm³/mol. The highest BCUT2D eigenvalue weighted by molar-refractivity contribution is 7.11. The molecule has 0 aromatic carbocycles. The van der Waals surface area contributed by atoms with Gasteiger partial charge in [0.05, 0.1) is 17.8 Å². The van der Waals surface area contributed by atoms with Crippen LogP contribution in [0.1, 0.15) is 36.3 Å². The molecular formula is C16H28N4O2S. The van der Waals surface area contributed by atoms with Crippen molar-refractivity contribution in [3.8, 4) is 0 Å². The van der Waals surface area contributed by atoms with Gasteiger partial charge in [0.2, 0.25) is 0 Å². The SMILES string of the molecule is Cc1nc(CNC(=O)N2CCN(CC(C)(C)O)C[C@@H]2C)sc1C. The molecule has 0 unspecified atom stereocenters. The second kappa shape index (κ2) is 7.15. The number of piperazine rings is 1. The van der Waals surface area contributed by atoms with Crippen LogP contribution in [0, 0.1) is 13.8 Å². The molecule has 1 aliphatic rings. The zero-order valence-electron chi connectivity index (χ0n) is 14.7. The van der Waals surface area contributed by atoms with Gasteiger partial charge in [-0.1, -0.05) is 0 Å². The summed E-state index contributed by atoms with van der Waals surface area (Å²) in [4.78, 5) is 22.1. The van der Waals surface area contributed by atoms with E-state index in [1.165, 1.54) is 4.88 Å². The van der Waals surface area contributed by atoms with Gasteiger partial charge in [-0.15, -0.1) is 11.3 Å². The van der Waals surface area contributed by atoms with Gasteiger partial charge in [-0.25, -0.2) is 9.78 Å². The lowest BCUT2D eigenvalue weighted by Crippen LogP contribution is -2.58. The number of rotatable bonds is 4. The second-order valence-corrected chi connectivity index (χ2v) is 8.29. The number of nitrogens with zero attached hydrogens (tertiary/aromatic N) is 3. The lowest BCUT2D eigenvalue weighted by molar-refractivity contribution is 0.0119. The molecule has 2 N–H and O–H groups in total. The van der Waals surface area contributed by atoms with Crippen LogP contribution in [0.2, 0.25) is 0 Å². The summed E-state index contributed by atoms with van der Waals surface area (Å²) >= 11 is 1.63. The highest BCUT2D eigenvalue weighted by Gasteiger charge is 2.29. The molecule has 0 radical (unpaired) electrons. The summed E-state index contributed by atoms with van der Waals surface area (Å²) in [6, 6.07) is 0.0942. The fraction of sp³-hybridized carbons (Fsp3) is 0.750. The molecule has 0 bridgehead atoms. The number of carbonyl (C=O) groups is 1. The van der Waals surface area contributed by atoms with Crippen LogP contribution in [0.4, 0.5) is 4.79 Å². The van der Waals surface area contributed by atoms with Crippen molar-refractivity contribution in [1.82, 2.24) is 20.1 Å². The molecular weight excluding hydrogens is 312 g/mol. The number of carbonyl (C=O) groups excluding carboxylic acids is 1. The zero-order chi connectivity index (χ0) is 17.2. The smallest absolute Gasteiger partial charge is 0.318 e. The standard InChI is InChI=1S/C16H28N4O2S/c1-11-9-19(10-16(4,5)22)6-7-20(11)15(21)17-8-14-18-12(2)13(3)23-14/h11,22H,6-10H2,1-5H3,(H,17,21)/t11-/m0/s1. The van der Waals surface area contributed by atoms with Crippen molar-refractivity contribution in [3.63, 3.8) is 0 Å². The van der Waals surface area contributed by atoms with Gasteiger partial charge in [0.15, 0.2) is 0 Å². The molecule has 130 valence electrons. The Bertz CT molecular complexity index is 533. The van der Waals surface area contributed by atoms with Crippen molar-refractivity contribution in [2.45, 2.75) is 52.8 Å². The largest absolute Gasteiger partial charge is 0.389 e. The zero-order valence-corrected chi connectivity index (χ0v) is 15.5. The molecule has 1 atom stereocenters. The molecule has 2 rings (SSSR count). The third kappa shape index (κ3) is 5.16. The maximum absolute atomic E-state index is 12.4. The van der Waals surface area contributed by atoms with E-state index in [0.717, 1.165) is 23.8 Å². The first kappa shape index (κ1) is 18.2. The summed E-state index contributed by atoms with van der Waals surface area (Å²) in [6.45, 7) is 13.1. The van der Waals surface area contributed by atoms with Crippen LogP contribution in [0.25, 0.3) is 0 Å². The van der Waals surface area contributed by atoms with Crippen LogP contribution in [0.3, 0.4) is 0 Å². The van der Waals surface area contributed by atoms with E-state index >= 15 is 0 Å². The number of β-amino-alcohol motifs (C(OH)–C–C–N with tert-alkyl or cyclic N) is 1. The van der Waals surface area contributed by atoms with Gasteiger partial charge in [-0.3, -0.25) is 4.90 Å². The molecule has 1 aromatic heterocycles. The molecule has 1 aliphatic heterocycles. The Hall–Kier alpha value is -1.18. The van der Waals surface area contributed by atoms with E-state index < -0.39 is 5.60 Å². The number of hydrogen-bond donors (Lipinski definition) is 2. The Labute approximate surface area is 142 Å². The average Bonchev–Trinajstić information content (AvgIpc) is 2.73. The molecule has 2 heterocycles. The van der Waals surface area contributed by atoms with Gasteiger partial charge in [0, 0.05) is 37.1 Å². The average molecular weight is 340 g/mol. The molecule has 0 spiro atoms. The first-order valence-corrected chi connectivity index (χ1v) is 8.89. The summed E-state index contributed by atoms with van der Waals surface area (Å²) in [7, 11) is 0. The summed E-state index contributed by atoms with van der Waals surface area (Å²) in [6.07, 6.45) is 0. The molecule has 7 heteroatoms. The first-order chi connectivity index (χ1) is 10.7. The number of amides is 2. The first-order valence-electron chi connectivity index (χ1n) is 8.08. The van der Waals surface area contributed by atoms with Crippen LogP contribution >= 0.6 is 11.3 Å². The fourth-order valence-corrected chi connectivity index (χ4v) is 3.77. The third-order valence-electron chi connectivity index (χ3n) is 4.05. The van der Waals surface area contributed by atoms with E-state index in [1.54, 1.807) is 11.3 Å². The topological polar surface area (TPSA) is 68.7 Å². The molecule has 0 saturated carbocycles. The highest BCUT2D eigenvalue weighted by atomic mass is 32.1. The summed E-state index contributed by atoms with van der Waals surface area (Å²) in [5.41, 5.74) is 0.331. The van der Waals surface area contributed by atoms with E-state index in [0.29, 0.717) is 19.6 Å². The summed E-state index contributed by atoms with van der Waals surface area (Å²) in [5.74, 6) is 0. The van der Waals surface area contributed by atoms with Gasteiger partial charge >= 0.3 is 6.03 Å². The van der Waals surface area contributed by atoms with Crippen LogP contribution in [0.5, 0.6) is 0 Å². The molecule has 1 aromatic rings. The van der Waals surface area contributed by atoms with Gasteiger partial charge < -0.3 is 15.3 Å². The van der Waals surface area contributed by atoms with Crippen LogP contribution in [-0.2, 0) is 6.54 Å². The quantitative estimate of drug-likeness (QED) is 0.876. The number of aryl methyl sites for hydroxylation is 2. The summed E-state index contributed by atoms with van der Waals surface area (Å²) < 4.78 is 0.